The molecule has 2 rings (SSSR count). The van der Waals surface area contributed by atoms with E-state index < -0.39 is 17.7 Å². The number of hydrogen-bond donors (Lipinski definition) is 3. The molecule has 0 saturated carbocycles. The zero-order valence-corrected chi connectivity index (χ0v) is 13.8. The molecule has 0 aliphatic carbocycles. The monoisotopic (exact) mass is 359 g/mol. The van der Waals surface area contributed by atoms with Crippen molar-refractivity contribution in [3.8, 4) is 11.3 Å². The van der Waals surface area contributed by atoms with Gasteiger partial charge in [0.15, 0.2) is 0 Å². The third kappa shape index (κ3) is 4.83. The Bertz CT molecular complexity index is 723. The third-order valence-electron chi connectivity index (χ3n) is 3.39. The van der Waals surface area contributed by atoms with Crippen molar-refractivity contribution in [2.45, 2.75) is 26.6 Å². The molecular formula is C17H20F3NO4. The van der Waals surface area contributed by atoms with Crippen molar-refractivity contribution in [3.63, 3.8) is 0 Å². The zero-order valence-electron chi connectivity index (χ0n) is 13.8. The highest BCUT2D eigenvalue weighted by molar-refractivity contribution is 5.92. The molecule has 0 fully saturated rings. The summed E-state index contributed by atoms with van der Waals surface area (Å²) in [6, 6.07) is 4.98. The van der Waals surface area contributed by atoms with E-state index in [1.165, 1.54) is 35.9 Å². The molecule has 25 heavy (non-hydrogen) atoms. The minimum atomic E-state index is -4.55. The number of aromatic carboxylic acids is 1. The summed E-state index contributed by atoms with van der Waals surface area (Å²) in [7, 11) is 0. The van der Waals surface area contributed by atoms with Crippen LogP contribution in [0.15, 0.2) is 30.5 Å². The van der Waals surface area contributed by atoms with E-state index in [0.29, 0.717) is 0 Å². The maximum Gasteiger partial charge on any atom is 0.417 e. The molecule has 0 bridgehead atoms. The SMILES string of the molecule is CCO.Cc1c(C(=O)O)cn(CCO)c1-c1ccccc1C(F)(F)F. The normalized spacial score (nSPS) is 11.0. The van der Waals surface area contributed by atoms with Crippen LogP contribution in [0.4, 0.5) is 13.2 Å². The van der Waals surface area contributed by atoms with Gasteiger partial charge >= 0.3 is 12.1 Å². The Kier molecular flexibility index (Phi) is 7.20. The summed E-state index contributed by atoms with van der Waals surface area (Å²) in [6.45, 7) is 3.09. The summed E-state index contributed by atoms with van der Waals surface area (Å²) in [6.07, 6.45) is -3.31. The molecule has 0 atom stereocenters. The summed E-state index contributed by atoms with van der Waals surface area (Å²) in [5.74, 6) is -1.22. The van der Waals surface area contributed by atoms with Crippen LogP contribution in [0, 0.1) is 6.92 Å². The fraction of sp³-hybridized carbons (Fsp3) is 0.353. The quantitative estimate of drug-likeness (QED) is 0.783. The van der Waals surface area contributed by atoms with Crippen molar-refractivity contribution >= 4 is 5.97 Å². The average Bonchev–Trinajstić information content (AvgIpc) is 2.84. The Morgan fingerprint density at radius 2 is 1.76 bits per heavy atom. The number of carboxylic acids is 1. The lowest BCUT2D eigenvalue weighted by Crippen LogP contribution is -2.10. The molecule has 2 aromatic rings. The van der Waals surface area contributed by atoms with E-state index in [1.54, 1.807) is 6.92 Å². The topological polar surface area (TPSA) is 82.7 Å². The second-order valence-corrected chi connectivity index (χ2v) is 5.10. The number of carbonyl (C=O) groups is 1. The maximum absolute atomic E-state index is 13.2. The Labute approximate surface area is 143 Å². The van der Waals surface area contributed by atoms with E-state index in [1.807, 2.05) is 0 Å². The minimum absolute atomic E-state index is 0.00957. The Hall–Kier alpha value is -2.32. The first-order valence-corrected chi connectivity index (χ1v) is 7.50. The van der Waals surface area contributed by atoms with Gasteiger partial charge in [-0.15, -0.1) is 0 Å². The Morgan fingerprint density at radius 3 is 2.24 bits per heavy atom. The molecule has 0 amide bonds. The maximum atomic E-state index is 13.2. The number of benzene rings is 1. The van der Waals surface area contributed by atoms with Crippen LogP contribution in [0.25, 0.3) is 11.3 Å². The van der Waals surface area contributed by atoms with Crippen molar-refractivity contribution in [1.29, 1.82) is 0 Å². The van der Waals surface area contributed by atoms with E-state index in [4.69, 9.17) is 15.3 Å². The number of alkyl halides is 3. The lowest BCUT2D eigenvalue weighted by atomic mass is 10.00. The van der Waals surface area contributed by atoms with Gasteiger partial charge in [0.05, 0.1) is 23.4 Å². The van der Waals surface area contributed by atoms with Gasteiger partial charge in [0, 0.05) is 24.9 Å². The molecule has 0 unspecified atom stereocenters. The first kappa shape index (κ1) is 20.7. The van der Waals surface area contributed by atoms with Gasteiger partial charge in [0.25, 0.3) is 0 Å². The van der Waals surface area contributed by atoms with Crippen LogP contribution >= 0.6 is 0 Å². The van der Waals surface area contributed by atoms with Crippen LogP contribution in [0.5, 0.6) is 0 Å². The van der Waals surface area contributed by atoms with E-state index >= 15 is 0 Å². The predicted molar refractivity (Wildman–Crippen MR) is 86.4 cm³/mol. The molecule has 0 aliphatic heterocycles. The molecule has 1 aromatic carbocycles. The highest BCUT2D eigenvalue weighted by atomic mass is 19.4. The van der Waals surface area contributed by atoms with Gasteiger partial charge in [-0.3, -0.25) is 0 Å². The fourth-order valence-corrected chi connectivity index (χ4v) is 2.45. The zero-order chi connectivity index (χ0) is 19.2. The number of carboxylic acid groups (broad SMARTS) is 1. The number of aromatic nitrogens is 1. The van der Waals surface area contributed by atoms with Gasteiger partial charge < -0.3 is 19.9 Å². The lowest BCUT2D eigenvalue weighted by molar-refractivity contribution is -0.137. The summed E-state index contributed by atoms with van der Waals surface area (Å²) < 4.78 is 40.9. The molecule has 1 aromatic heterocycles. The number of aliphatic hydroxyl groups is 2. The molecule has 0 radical (unpaired) electrons. The van der Waals surface area contributed by atoms with Crippen LogP contribution < -0.4 is 0 Å². The summed E-state index contributed by atoms with van der Waals surface area (Å²) in [4.78, 5) is 11.2. The van der Waals surface area contributed by atoms with Crippen LogP contribution in [-0.4, -0.2) is 39.1 Å². The van der Waals surface area contributed by atoms with E-state index in [2.05, 4.69) is 0 Å². The average molecular weight is 359 g/mol. The number of aliphatic hydroxyl groups excluding tert-OH is 2. The molecule has 0 spiro atoms. The molecule has 5 nitrogen and oxygen atoms in total. The Morgan fingerprint density at radius 1 is 1.20 bits per heavy atom. The third-order valence-corrected chi connectivity index (χ3v) is 3.39. The summed E-state index contributed by atoms with van der Waals surface area (Å²) >= 11 is 0. The fourth-order valence-electron chi connectivity index (χ4n) is 2.45. The molecule has 138 valence electrons. The molecule has 3 N–H and O–H groups in total. The van der Waals surface area contributed by atoms with E-state index in [0.717, 1.165) is 6.07 Å². The van der Waals surface area contributed by atoms with Crippen molar-refractivity contribution in [2.75, 3.05) is 13.2 Å². The number of halogens is 3. The number of nitrogens with zero attached hydrogens (tertiary/aromatic N) is 1. The first-order chi connectivity index (χ1) is 11.7. The smallest absolute Gasteiger partial charge is 0.417 e. The summed E-state index contributed by atoms with van der Waals surface area (Å²) in [5, 5.41) is 25.8. The molecular weight excluding hydrogens is 339 g/mol. The Balaban J connectivity index is 0.000000970. The standard InChI is InChI=1S/C15H14F3NO3.C2H6O/c1-9-11(14(21)22)8-19(6-7-20)13(9)10-4-2-3-5-12(10)15(16,17)18;1-2-3/h2-5,8,20H,6-7H2,1H3,(H,21,22);3H,2H2,1H3. The molecule has 0 saturated heterocycles. The van der Waals surface area contributed by atoms with Gasteiger partial charge in [-0.05, 0) is 25.5 Å². The number of hydrogen-bond acceptors (Lipinski definition) is 3. The largest absolute Gasteiger partial charge is 0.478 e. The van der Waals surface area contributed by atoms with E-state index in [9.17, 15) is 18.0 Å². The van der Waals surface area contributed by atoms with Crippen LogP contribution in [0.2, 0.25) is 0 Å². The second-order valence-electron chi connectivity index (χ2n) is 5.10. The minimum Gasteiger partial charge on any atom is -0.478 e. The van der Waals surface area contributed by atoms with Crippen molar-refractivity contribution in [3.05, 3.63) is 47.2 Å². The molecule has 1 heterocycles. The van der Waals surface area contributed by atoms with Crippen molar-refractivity contribution < 1.29 is 33.3 Å². The van der Waals surface area contributed by atoms with Crippen molar-refractivity contribution in [1.82, 2.24) is 4.57 Å². The van der Waals surface area contributed by atoms with E-state index in [-0.39, 0.29) is 42.1 Å². The number of rotatable bonds is 4. The predicted octanol–water partition coefficient (Wildman–Crippen LogP) is 3.17. The second kappa shape index (κ2) is 8.68. The van der Waals surface area contributed by atoms with Crippen LogP contribution in [0.1, 0.15) is 28.4 Å². The van der Waals surface area contributed by atoms with Gasteiger partial charge in [0.2, 0.25) is 0 Å². The highest BCUT2D eigenvalue weighted by Crippen LogP contribution is 2.39. The van der Waals surface area contributed by atoms with Gasteiger partial charge in [-0.1, -0.05) is 18.2 Å². The lowest BCUT2D eigenvalue weighted by Gasteiger charge is -2.15. The van der Waals surface area contributed by atoms with Crippen LogP contribution in [-0.2, 0) is 12.7 Å². The summed E-state index contributed by atoms with van der Waals surface area (Å²) in [5.41, 5.74) is -0.641. The first-order valence-electron chi connectivity index (χ1n) is 7.50. The van der Waals surface area contributed by atoms with Crippen molar-refractivity contribution in [2.24, 2.45) is 0 Å². The highest BCUT2D eigenvalue weighted by Gasteiger charge is 2.34. The molecule has 8 heteroatoms. The van der Waals surface area contributed by atoms with Gasteiger partial charge in [-0.25, -0.2) is 4.79 Å². The van der Waals surface area contributed by atoms with Gasteiger partial charge in [0.1, 0.15) is 0 Å². The van der Waals surface area contributed by atoms with Gasteiger partial charge in [-0.2, -0.15) is 13.2 Å². The molecule has 0 aliphatic rings. The van der Waals surface area contributed by atoms with Crippen LogP contribution in [0.3, 0.4) is 0 Å².